The molecule has 0 saturated heterocycles. The van der Waals surface area contributed by atoms with Gasteiger partial charge in [0.05, 0.1) is 0 Å². The minimum Gasteiger partial charge on any atom is -0.294 e. The highest BCUT2D eigenvalue weighted by atomic mass is 19.1. The van der Waals surface area contributed by atoms with Gasteiger partial charge in [0.1, 0.15) is 5.83 Å². The van der Waals surface area contributed by atoms with Gasteiger partial charge in [-0.1, -0.05) is 60.7 Å². The molecule has 96 valence electrons. The molecule has 0 unspecified atom stereocenters. The third-order valence-corrected chi connectivity index (χ3v) is 2.97. The van der Waals surface area contributed by atoms with Crippen molar-refractivity contribution in [2.75, 3.05) is 0 Å². The molecule has 0 aromatic heterocycles. The SMILES string of the molecule is C/C(F)=C(/CC(=O)c1ccccc1)c1ccccc1. The molecule has 2 rings (SSSR count). The third-order valence-electron chi connectivity index (χ3n) is 2.97. The number of Topliss-reactive ketones (excluding diaryl/α,β-unsaturated/α-hetero) is 1. The van der Waals surface area contributed by atoms with E-state index in [4.69, 9.17) is 0 Å². The molecule has 0 spiro atoms. The van der Waals surface area contributed by atoms with E-state index in [2.05, 4.69) is 0 Å². The third kappa shape index (κ3) is 3.38. The molecule has 1 nitrogen and oxygen atoms in total. The standard InChI is InChI=1S/C17H15FO/c1-13(18)16(14-8-4-2-5-9-14)12-17(19)15-10-6-3-7-11-15/h2-11H,12H2,1H3/b16-13+. The number of carbonyl (C=O) groups is 1. The first kappa shape index (κ1) is 13.2. The van der Waals surface area contributed by atoms with Crippen molar-refractivity contribution in [1.82, 2.24) is 0 Å². The zero-order valence-corrected chi connectivity index (χ0v) is 10.8. The molecule has 0 atom stereocenters. The molecule has 0 aliphatic heterocycles. The highest BCUT2D eigenvalue weighted by molar-refractivity contribution is 6.02. The lowest BCUT2D eigenvalue weighted by Crippen LogP contribution is -2.01. The highest BCUT2D eigenvalue weighted by Gasteiger charge is 2.13. The Labute approximate surface area is 112 Å². The number of rotatable bonds is 4. The summed E-state index contributed by atoms with van der Waals surface area (Å²) < 4.78 is 13.7. The number of benzene rings is 2. The summed E-state index contributed by atoms with van der Waals surface area (Å²) in [5.41, 5.74) is 1.82. The number of halogens is 1. The van der Waals surface area contributed by atoms with Gasteiger partial charge in [0.15, 0.2) is 5.78 Å². The summed E-state index contributed by atoms with van der Waals surface area (Å²) in [5, 5.41) is 0. The molecule has 0 radical (unpaired) electrons. The van der Waals surface area contributed by atoms with Crippen molar-refractivity contribution in [2.45, 2.75) is 13.3 Å². The average Bonchev–Trinajstić information content (AvgIpc) is 2.46. The number of carbonyl (C=O) groups excluding carboxylic acids is 1. The van der Waals surface area contributed by atoms with E-state index in [1.54, 1.807) is 24.3 Å². The van der Waals surface area contributed by atoms with Crippen LogP contribution in [-0.2, 0) is 0 Å². The van der Waals surface area contributed by atoms with E-state index in [9.17, 15) is 9.18 Å². The Balaban J connectivity index is 2.25. The zero-order valence-electron chi connectivity index (χ0n) is 10.8. The Morgan fingerprint density at radius 2 is 1.37 bits per heavy atom. The minimum absolute atomic E-state index is 0.0727. The molecule has 19 heavy (non-hydrogen) atoms. The molecule has 2 aromatic carbocycles. The van der Waals surface area contributed by atoms with Gasteiger partial charge < -0.3 is 0 Å². The Kier molecular flexibility index (Phi) is 4.24. The Morgan fingerprint density at radius 3 is 1.84 bits per heavy atom. The van der Waals surface area contributed by atoms with E-state index in [1.165, 1.54) is 6.92 Å². The smallest absolute Gasteiger partial charge is 0.167 e. The lowest BCUT2D eigenvalue weighted by atomic mass is 9.97. The van der Waals surface area contributed by atoms with Crippen LogP contribution in [0.25, 0.3) is 5.57 Å². The van der Waals surface area contributed by atoms with Crippen LogP contribution in [0.1, 0.15) is 29.3 Å². The second-order valence-electron chi connectivity index (χ2n) is 4.34. The summed E-state index contributed by atoms with van der Waals surface area (Å²) >= 11 is 0. The van der Waals surface area contributed by atoms with Gasteiger partial charge in [-0.3, -0.25) is 4.79 Å². The summed E-state index contributed by atoms with van der Waals surface area (Å²) in [6.07, 6.45) is 0.0797. The van der Waals surface area contributed by atoms with E-state index in [1.807, 2.05) is 36.4 Å². The molecular formula is C17H15FO. The molecule has 0 saturated carbocycles. The molecular weight excluding hydrogens is 239 g/mol. The molecule has 2 aromatic rings. The van der Waals surface area contributed by atoms with Crippen LogP contribution in [-0.4, -0.2) is 5.78 Å². The van der Waals surface area contributed by atoms with Crippen LogP contribution in [0, 0.1) is 0 Å². The first-order valence-corrected chi connectivity index (χ1v) is 6.17. The monoisotopic (exact) mass is 254 g/mol. The van der Waals surface area contributed by atoms with Gasteiger partial charge in [0.2, 0.25) is 0 Å². The Hall–Kier alpha value is -2.22. The van der Waals surface area contributed by atoms with E-state index in [0.29, 0.717) is 11.1 Å². The maximum absolute atomic E-state index is 13.7. The van der Waals surface area contributed by atoms with E-state index in [0.717, 1.165) is 5.56 Å². The van der Waals surface area contributed by atoms with Gasteiger partial charge >= 0.3 is 0 Å². The van der Waals surface area contributed by atoms with Crippen LogP contribution in [0.2, 0.25) is 0 Å². The van der Waals surface area contributed by atoms with E-state index < -0.39 is 0 Å². The van der Waals surface area contributed by atoms with Crippen molar-refractivity contribution in [3.05, 3.63) is 77.6 Å². The van der Waals surface area contributed by atoms with Crippen molar-refractivity contribution in [2.24, 2.45) is 0 Å². The molecule has 0 fully saturated rings. The molecule has 0 bridgehead atoms. The van der Waals surface area contributed by atoms with Gasteiger partial charge in [-0.25, -0.2) is 4.39 Å². The van der Waals surface area contributed by atoms with Crippen LogP contribution in [0.3, 0.4) is 0 Å². The quantitative estimate of drug-likeness (QED) is 0.725. The van der Waals surface area contributed by atoms with Gasteiger partial charge in [-0.15, -0.1) is 0 Å². The van der Waals surface area contributed by atoms with Crippen LogP contribution in [0.15, 0.2) is 66.5 Å². The lowest BCUT2D eigenvalue weighted by molar-refractivity contribution is 0.0998. The fourth-order valence-corrected chi connectivity index (χ4v) is 1.95. The second kappa shape index (κ2) is 6.10. The summed E-state index contributed by atoms with van der Waals surface area (Å²) in [4.78, 5) is 12.1. The van der Waals surface area contributed by atoms with Gasteiger partial charge in [-0.05, 0) is 18.1 Å². The number of hydrogen-bond acceptors (Lipinski definition) is 1. The van der Waals surface area contributed by atoms with Crippen LogP contribution < -0.4 is 0 Å². The minimum atomic E-state index is -0.310. The number of ketones is 1. The topological polar surface area (TPSA) is 17.1 Å². The van der Waals surface area contributed by atoms with Crippen LogP contribution in [0.5, 0.6) is 0 Å². The van der Waals surface area contributed by atoms with Crippen molar-refractivity contribution < 1.29 is 9.18 Å². The maximum Gasteiger partial charge on any atom is 0.167 e. The molecule has 0 amide bonds. The van der Waals surface area contributed by atoms with Gasteiger partial charge in [-0.2, -0.15) is 0 Å². The Bertz CT molecular complexity index is 581. The second-order valence-corrected chi connectivity index (χ2v) is 4.34. The summed E-state index contributed by atoms with van der Waals surface area (Å²) in [7, 11) is 0. The normalized spacial score (nSPS) is 11.9. The predicted molar refractivity (Wildman–Crippen MR) is 75.5 cm³/mol. The van der Waals surface area contributed by atoms with Crippen molar-refractivity contribution in [3.63, 3.8) is 0 Å². The van der Waals surface area contributed by atoms with Crippen molar-refractivity contribution in [3.8, 4) is 0 Å². The van der Waals surface area contributed by atoms with Gasteiger partial charge in [0, 0.05) is 12.0 Å². The summed E-state index contributed by atoms with van der Waals surface area (Å²) in [6.45, 7) is 1.39. The average molecular weight is 254 g/mol. The number of hydrogen-bond donors (Lipinski definition) is 0. The van der Waals surface area contributed by atoms with E-state index in [-0.39, 0.29) is 18.0 Å². The zero-order chi connectivity index (χ0) is 13.7. The first-order chi connectivity index (χ1) is 9.18. The molecule has 0 aliphatic rings. The first-order valence-electron chi connectivity index (χ1n) is 6.17. The molecule has 0 N–H and O–H groups in total. The number of allylic oxidation sites excluding steroid dienone is 2. The molecule has 0 heterocycles. The van der Waals surface area contributed by atoms with Gasteiger partial charge in [0.25, 0.3) is 0 Å². The summed E-state index contributed by atoms with van der Waals surface area (Å²) in [5.74, 6) is -0.382. The highest BCUT2D eigenvalue weighted by Crippen LogP contribution is 2.24. The van der Waals surface area contributed by atoms with Crippen molar-refractivity contribution >= 4 is 11.4 Å². The molecule has 2 heteroatoms. The fraction of sp³-hybridized carbons (Fsp3) is 0.118. The largest absolute Gasteiger partial charge is 0.294 e. The predicted octanol–water partition coefficient (Wildman–Crippen LogP) is 4.66. The summed E-state index contributed by atoms with van der Waals surface area (Å²) in [6, 6.07) is 18.1. The van der Waals surface area contributed by atoms with Crippen LogP contribution in [0.4, 0.5) is 4.39 Å². The van der Waals surface area contributed by atoms with Crippen molar-refractivity contribution in [1.29, 1.82) is 0 Å². The molecule has 0 aliphatic carbocycles. The maximum atomic E-state index is 13.7. The van der Waals surface area contributed by atoms with Crippen LogP contribution >= 0.6 is 0 Å². The Morgan fingerprint density at radius 1 is 0.895 bits per heavy atom. The van der Waals surface area contributed by atoms with E-state index >= 15 is 0 Å². The lowest BCUT2D eigenvalue weighted by Gasteiger charge is -2.08. The fourth-order valence-electron chi connectivity index (χ4n) is 1.95.